The Bertz CT molecular complexity index is 128. The second-order valence-corrected chi connectivity index (χ2v) is 2.90. The fourth-order valence-corrected chi connectivity index (χ4v) is 0.823. The number of aliphatic hydroxyl groups is 1. The molecule has 12 heavy (non-hydrogen) atoms. The summed E-state index contributed by atoms with van der Waals surface area (Å²) in [5.41, 5.74) is 5.27. The van der Waals surface area contributed by atoms with Crippen molar-refractivity contribution in [3.05, 3.63) is 0 Å². The van der Waals surface area contributed by atoms with E-state index in [2.05, 4.69) is 5.32 Å². The summed E-state index contributed by atoms with van der Waals surface area (Å²) in [7, 11) is 0. The van der Waals surface area contributed by atoms with Crippen molar-refractivity contribution in [2.24, 2.45) is 5.73 Å². The van der Waals surface area contributed by atoms with Gasteiger partial charge in [0.25, 0.3) is 0 Å². The molecule has 0 saturated carbocycles. The first kappa shape index (κ1) is 11.4. The molecule has 1 amide bonds. The fourth-order valence-electron chi connectivity index (χ4n) is 0.823. The van der Waals surface area contributed by atoms with Gasteiger partial charge in [0, 0.05) is 12.5 Å². The zero-order valence-corrected chi connectivity index (χ0v) is 7.55. The summed E-state index contributed by atoms with van der Waals surface area (Å²) < 4.78 is 0. The van der Waals surface area contributed by atoms with Gasteiger partial charge in [-0.25, -0.2) is 0 Å². The number of nitrogens with one attached hydrogen (secondary N) is 1. The van der Waals surface area contributed by atoms with Gasteiger partial charge in [0.2, 0.25) is 5.91 Å². The Kier molecular flexibility index (Phi) is 6.70. The van der Waals surface area contributed by atoms with E-state index in [1.54, 1.807) is 6.92 Å². The number of hydrogen-bond donors (Lipinski definition) is 3. The van der Waals surface area contributed by atoms with Crippen LogP contribution < -0.4 is 11.1 Å². The SMILES string of the molecule is C[C@@H](CO)NC(=O)CCCCN. The van der Waals surface area contributed by atoms with Gasteiger partial charge in [-0.3, -0.25) is 4.79 Å². The molecule has 0 aliphatic rings. The third-order valence-corrected chi connectivity index (χ3v) is 1.54. The van der Waals surface area contributed by atoms with Crippen LogP contribution in [0.1, 0.15) is 26.2 Å². The molecule has 4 nitrogen and oxygen atoms in total. The van der Waals surface area contributed by atoms with E-state index in [9.17, 15) is 4.79 Å². The lowest BCUT2D eigenvalue weighted by Crippen LogP contribution is -2.34. The number of carbonyl (C=O) groups is 1. The molecule has 0 spiro atoms. The topological polar surface area (TPSA) is 75.3 Å². The summed E-state index contributed by atoms with van der Waals surface area (Å²) in [6.07, 6.45) is 2.20. The zero-order valence-electron chi connectivity index (χ0n) is 7.55. The van der Waals surface area contributed by atoms with Crippen molar-refractivity contribution in [1.29, 1.82) is 0 Å². The first-order valence-corrected chi connectivity index (χ1v) is 4.31. The standard InChI is InChI=1S/C8H18N2O2/c1-7(6-11)10-8(12)4-2-3-5-9/h7,11H,2-6,9H2,1H3,(H,10,12)/t7-/m0/s1. The molecule has 0 fully saturated rings. The molecule has 0 rings (SSSR count). The molecular weight excluding hydrogens is 156 g/mol. The van der Waals surface area contributed by atoms with E-state index in [-0.39, 0.29) is 18.6 Å². The van der Waals surface area contributed by atoms with E-state index in [0.29, 0.717) is 13.0 Å². The lowest BCUT2D eigenvalue weighted by molar-refractivity contribution is -0.122. The maximum Gasteiger partial charge on any atom is 0.220 e. The van der Waals surface area contributed by atoms with Gasteiger partial charge in [-0.2, -0.15) is 0 Å². The zero-order chi connectivity index (χ0) is 9.40. The summed E-state index contributed by atoms with van der Waals surface area (Å²) in [6.45, 7) is 2.38. The van der Waals surface area contributed by atoms with Crippen molar-refractivity contribution in [3.63, 3.8) is 0 Å². The Morgan fingerprint density at radius 3 is 2.75 bits per heavy atom. The van der Waals surface area contributed by atoms with Gasteiger partial charge < -0.3 is 16.2 Å². The largest absolute Gasteiger partial charge is 0.394 e. The quantitative estimate of drug-likeness (QED) is 0.480. The van der Waals surface area contributed by atoms with Crippen LogP contribution in [0.5, 0.6) is 0 Å². The molecule has 0 aliphatic carbocycles. The van der Waals surface area contributed by atoms with Crippen molar-refractivity contribution in [2.45, 2.75) is 32.2 Å². The van der Waals surface area contributed by atoms with Crippen LogP contribution in [-0.4, -0.2) is 30.2 Å². The number of amides is 1. The second-order valence-electron chi connectivity index (χ2n) is 2.90. The van der Waals surface area contributed by atoms with Gasteiger partial charge in [-0.05, 0) is 26.3 Å². The third-order valence-electron chi connectivity index (χ3n) is 1.54. The Balaban J connectivity index is 3.33. The molecule has 4 heteroatoms. The highest BCUT2D eigenvalue weighted by atomic mass is 16.3. The molecule has 0 aromatic carbocycles. The minimum atomic E-state index is -0.143. The molecule has 0 aromatic rings. The maximum absolute atomic E-state index is 11.0. The molecule has 1 atom stereocenters. The van der Waals surface area contributed by atoms with Crippen LogP contribution in [0.15, 0.2) is 0 Å². The minimum Gasteiger partial charge on any atom is -0.394 e. The van der Waals surface area contributed by atoms with Crippen LogP contribution in [0.3, 0.4) is 0 Å². The number of hydrogen-bond acceptors (Lipinski definition) is 3. The van der Waals surface area contributed by atoms with Crippen LogP contribution >= 0.6 is 0 Å². The summed E-state index contributed by atoms with van der Waals surface area (Å²) in [4.78, 5) is 11.0. The molecule has 0 heterocycles. The molecule has 0 saturated heterocycles. The molecule has 0 aliphatic heterocycles. The van der Waals surface area contributed by atoms with Crippen molar-refractivity contribution < 1.29 is 9.90 Å². The average molecular weight is 174 g/mol. The smallest absolute Gasteiger partial charge is 0.220 e. The lowest BCUT2D eigenvalue weighted by Gasteiger charge is -2.09. The van der Waals surface area contributed by atoms with Crippen molar-refractivity contribution in [3.8, 4) is 0 Å². The normalized spacial score (nSPS) is 12.6. The Morgan fingerprint density at radius 1 is 1.58 bits per heavy atom. The van der Waals surface area contributed by atoms with E-state index in [1.807, 2.05) is 0 Å². The number of carbonyl (C=O) groups excluding carboxylic acids is 1. The molecule has 0 aromatic heterocycles. The fraction of sp³-hybridized carbons (Fsp3) is 0.875. The van der Waals surface area contributed by atoms with Crippen LogP contribution in [0.2, 0.25) is 0 Å². The molecule has 0 radical (unpaired) electrons. The van der Waals surface area contributed by atoms with Gasteiger partial charge in [0.05, 0.1) is 6.61 Å². The summed E-state index contributed by atoms with van der Waals surface area (Å²) in [6, 6.07) is -0.143. The Labute approximate surface area is 73.1 Å². The molecule has 0 unspecified atom stereocenters. The van der Waals surface area contributed by atoms with Crippen LogP contribution in [-0.2, 0) is 4.79 Å². The first-order chi connectivity index (χ1) is 5.70. The van der Waals surface area contributed by atoms with E-state index in [0.717, 1.165) is 12.8 Å². The molecule has 4 N–H and O–H groups in total. The molecule has 72 valence electrons. The number of rotatable bonds is 6. The highest BCUT2D eigenvalue weighted by Gasteiger charge is 2.04. The minimum absolute atomic E-state index is 0.00926. The summed E-state index contributed by atoms with van der Waals surface area (Å²) in [5.74, 6) is -0.00926. The highest BCUT2D eigenvalue weighted by molar-refractivity contribution is 5.76. The van der Waals surface area contributed by atoms with Crippen LogP contribution in [0, 0.1) is 0 Å². The Morgan fingerprint density at radius 2 is 2.25 bits per heavy atom. The van der Waals surface area contributed by atoms with Crippen molar-refractivity contribution in [2.75, 3.05) is 13.2 Å². The predicted molar refractivity (Wildman–Crippen MR) is 47.6 cm³/mol. The Hall–Kier alpha value is -0.610. The van der Waals surface area contributed by atoms with E-state index < -0.39 is 0 Å². The van der Waals surface area contributed by atoms with Crippen molar-refractivity contribution >= 4 is 5.91 Å². The van der Waals surface area contributed by atoms with Gasteiger partial charge in [-0.15, -0.1) is 0 Å². The monoisotopic (exact) mass is 174 g/mol. The van der Waals surface area contributed by atoms with Gasteiger partial charge in [-0.1, -0.05) is 0 Å². The van der Waals surface area contributed by atoms with Gasteiger partial charge in [0.1, 0.15) is 0 Å². The van der Waals surface area contributed by atoms with Crippen LogP contribution in [0.25, 0.3) is 0 Å². The predicted octanol–water partition coefficient (Wildman–Crippen LogP) is -0.388. The summed E-state index contributed by atoms with van der Waals surface area (Å²) >= 11 is 0. The summed E-state index contributed by atoms with van der Waals surface area (Å²) in [5, 5.41) is 11.3. The molecular formula is C8H18N2O2. The van der Waals surface area contributed by atoms with E-state index >= 15 is 0 Å². The first-order valence-electron chi connectivity index (χ1n) is 4.31. The average Bonchev–Trinajstić information content (AvgIpc) is 2.05. The second kappa shape index (κ2) is 7.06. The van der Waals surface area contributed by atoms with E-state index in [4.69, 9.17) is 10.8 Å². The number of unbranched alkanes of at least 4 members (excludes halogenated alkanes) is 1. The van der Waals surface area contributed by atoms with E-state index in [1.165, 1.54) is 0 Å². The highest BCUT2D eigenvalue weighted by Crippen LogP contribution is 1.93. The lowest BCUT2D eigenvalue weighted by atomic mass is 10.2. The van der Waals surface area contributed by atoms with Crippen molar-refractivity contribution in [1.82, 2.24) is 5.32 Å². The maximum atomic E-state index is 11.0. The van der Waals surface area contributed by atoms with Crippen LogP contribution in [0.4, 0.5) is 0 Å². The number of aliphatic hydroxyl groups excluding tert-OH is 1. The molecule has 0 bridgehead atoms. The van der Waals surface area contributed by atoms with Gasteiger partial charge in [0.15, 0.2) is 0 Å². The third kappa shape index (κ3) is 6.12. The van der Waals surface area contributed by atoms with Gasteiger partial charge >= 0.3 is 0 Å². The number of nitrogens with two attached hydrogens (primary N) is 1.